The molecule has 29 heavy (non-hydrogen) atoms. The van der Waals surface area contributed by atoms with Crippen molar-refractivity contribution >= 4 is 23.2 Å². The normalized spacial score (nSPS) is 19.8. The number of amides is 2. The van der Waals surface area contributed by atoms with Crippen LogP contribution in [0.1, 0.15) is 41.7 Å². The van der Waals surface area contributed by atoms with E-state index in [9.17, 15) is 22.8 Å². The quantitative estimate of drug-likeness (QED) is 0.810. The molecule has 2 amide bonds. The minimum atomic E-state index is -4.43. The molecule has 1 atom stereocenters. The first-order valence-electron chi connectivity index (χ1n) is 9.54. The molecule has 0 bridgehead atoms. The lowest BCUT2D eigenvalue weighted by Gasteiger charge is -2.31. The molecule has 1 aliphatic heterocycles. The maximum absolute atomic E-state index is 12.9. The van der Waals surface area contributed by atoms with Crippen molar-refractivity contribution in [2.45, 2.75) is 37.9 Å². The summed E-state index contributed by atoms with van der Waals surface area (Å²) in [6.07, 6.45) is -0.930. The van der Waals surface area contributed by atoms with E-state index in [0.29, 0.717) is 23.7 Å². The van der Waals surface area contributed by atoms with Crippen LogP contribution in [-0.2, 0) is 11.0 Å². The number of piperidine rings is 1. The molecule has 1 saturated carbocycles. The van der Waals surface area contributed by atoms with Gasteiger partial charge in [-0.2, -0.15) is 13.2 Å². The average molecular weight is 423 g/mol. The Morgan fingerprint density at radius 3 is 2.72 bits per heavy atom. The van der Waals surface area contributed by atoms with Gasteiger partial charge in [0.2, 0.25) is 5.91 Å². The first-order valence-corrected chi connectivity index (χ1v) is 10.4. The molecule has 0 spiro atoms. The van der Waals surface area contributed by atoms with Crippen molar-refractivity contribution in [1.29, 1.82) is 0 Å². The summed E-state index contributed by atoms with van der Waals surface area (Å²) in [7, 11) is 0. The summed E-state index contributed by atoms with van der Waals surface area (Å²) in [6.45, 7) is 0.885. The zero-order valence-corrected chi connectivity index (χ0v) is 16.4. The third kappa shape index (κ3) is 4.60. The van der Waals surface area contributed by atoms with E-state index in [2.05, 4.69) is 10.3 Å². The standard InChI is InChI=1S/C20H20F3N3O2S/c21-20(22,23)14-5-1-3-12(9-14)18-25-16(11-29-18)19(28)26-8-2-4-13(10-26)17(27)24-15-6-7-15/h1,3,5,9,11,13,15H,2,4,6-8,10H2,(H,24,27). The van der Waals surface area contributed by atoms with Crippen molar-refractivity contribution in [2.24, 2.45) is 5.92 Å². The van der Waals surface area contributed by atoms with Crippen molar-refractivity contribution < 1.29 is 22.8 Å². The number of nitrogens with zero attached hydrogens (tertiary/aromatic N) is 2. The second kappa shape index (κ2) is 7.78. The molecule has 2 fully saturated rings. The molecule has 1 N–H and O–H groups in total. The van der Waals surface area contributed by atoms with Crippen LogP contribution < -0.4 is 5.32 Å². The number of thiazole rings is 1. The van der Waals surface area contributed by atoms with E-state index in [0.717, 1.165) is 49.2 Å². The fourth-order valence-corrected chi connectivity index (χ4v) is 4.21. The van der Waals surface area contributed by atoms with E-state index in [-0.39, 0.29) is 29.5 Å². The minimum absolute atomic E-state index is 0.00654. The minimum Gasteiger partial charge on any atom is -0.353 e. The Morgan fingerprint density at radius 1 is 1.21 bits per heavy atom. The number of nitrogens with one attached hydrogen (secondary N) is 1. The number of hydrogen-bond donors (Lipinski definition) is 1. The van der Waals surface area contributed by atoms with Gasteiger partial charge in [-0.3, -0.25) is 9.59 Å². The number of rotatable bonds is 4. The summed E-state index contributed by atoms with van der Waals surface area (Å²) in [5.74, 6) is -0.522. The largest absolute Gasteiger partial charge is 0.416 e. The monoisotopic (exact) mass is 423 g/mol. The van der Waals surface area contributed by atoms with Gasteiger partial charge in [-0.05, 0) is 37.8 Å². The SMILES string of the molecule is O=C(NC1CC1)C1CCCN(C(=O)c2csc(-c3cccc(C(F)(F)F)c3)n2)C1. The molecule has 2 aliphatic rings. The number of hydrogen-bond acceptors (Lipinski definition) is 4. The second-order valence-corrected chi connectivity index (χ2v) is 8.35. The van der Waals surface area contributed by atoms with Crippen LogP contribution in [-0.4, -0.2) is 40.8 Å². The van der Waals surface area contributed by atoms with Gasteiger partial charge in [0.05, 0.1) is 11.5 Å². The number of alkyl halides is 3. The van der Waals surface area contributed by atoms with Crippen LogP contribution in [0.2, 0.25) is 0 Å². The molecular formula is C20H20F3N3O2S. The van der Waals surface area contributed by atoms with Gasteiger partial charge in [0, 0.05) is 30.1 Å². The van der Waals surface area contributed by atoms with Crippen molar-refractivity contribution in [2.75, 3.05) is 13.1 Å². The molecule has 1 saturated heterocycles. The number of aromatic nitrogens is 1. The molecule has 1 aliphatic carbocycles. The molecule has 1 unspecified atom stereocenters. The van der Waals surface area contributed by atoms with Crippen molar-refractivity contribution in [1.82, 2.24) is 15.2 Å². The Bertz CT molecular complexity index is 924. The van der Waals surface area contributed by atoms with E-state index in [4.69, 9.17) is 0 Å². The predicted molar refractivity (Wildman–Crippen MR) is 102 cm³/mol. The maximum atomic E-state index is 12.9. The van der Waals surface area contributed by atoms with Crippen LogP contribution >= 0.6 is 11.3 Å². The second-order valence-electron chi connectivity index (χ2n) is 7.49. The van der Waals surface area contributed by atoms with Crippen LogP contribution in [0.5, 0.6) is 0 Å². The Hall–Kier alpha value is -2.42. The van der Waals surface area contributed by atoms with Gasteiger partial charge in [0.15, 0.2) is 0 Å². The summed E-state index contributed by atoms with van der Waals surface area (Å²) in [5.41, 5.74) is -0.228. The topological polar surface area (TPSA) is 62.3 Å². The van der Waals surface area contributed by atoms with Crippen molar-refractivity contribution in [3.63, 3.8) is 0 Å². The first-order chi connectivity index (χ1) is 13.8. The van der Waals surface area contributed by atoms with E-state index < -0.39 is 11.7 Å². The summed E-state index contributed by atoms with van der Waals surface area (Å²) >= 11 is 1.13. The Balaban J connectivity index is 1.46. The highest BCUT2D eigenvalue weighted by Crippen LogP contribution is 2.33. The van der Waals surface area contributed by atoms with Gasteiger partial charge in [-0.25, -0.2) is 4.98 Å². The predicted octanol–water partition coefficient (Wildman–Crippen LogP) is 3.96. The lowest BCUT2D eigenvalue weighted by molar-refractivity contribution is -0.137. The molecule has 9 heteroatoms. The van der Waals surface area contributed by atoms with Crippen LogP contribution in [0.15, 0.2) is 29.6 Å². The zero-order valence-electron chi connectivity index (χ0n) is 15.5. The molecular weight excluding hydrogens is 403 g/mol. The number of benzene rings is 1. The van der Waals surface area contributed by atoms with Crippen LogP contribution in [0.4, 0.5) is 13.2 Å². The van der Waals surface area contributed by atoms with Crippen molar-refractivity contribution in [3.05, 3.63) is 40.9 Å². The summed E-state index contributed by atoms with van der Waals surface area (Å²) in [5, 5.41) is 4.91. The van der Waals surface area contributed by atoms with E-state index in [1.807, 2.05) is 0 Å². The highest BCUT2D eigenvalue weighted by molar-refractivity contribution is 7.13. The molecule has 1 aromatic carbocycles. The fourth-order valence-electron chi connectivity index (χ4n) is 3.42. The summed E-state index contributed by atoms with van der Waals surface area (Å²) < 4.78 is 38.8. The van der Waals surface area contributed by atoms with Gasteiger partial charge in [-0.15, -0.1) is 11.3 Å². The Labute approximate surface area is 169 Å². The van der Waals surface area contributed by atoms with Gasteiger partial charge in [0.25, 0.3) is 5.91 Å². The zero-order chi connectivity index (χ0) is 20.6. The lowest BCUT2D eigenvalue weighted by atomic mass is 9.97. The van der Waals surface area contributed by atoms with E-state index in [1.165, 1.54) is 6.07 Å². The molecule has 4 rings (SSSR count). The number of carbonyl (C=O) groups is 2. The van der Waals surface area contributed by atoms with Gasteiger partial charge >= 0.3 is 6.18 Å². The van der Waals surface area contributed by atoms with Crippen LogP contribution in [0, 0.1) is 5.92 Å². The lowest BCUT2D eigenvalue weighted by Crippen LogP contribution is -2.46. The van der Waals surface area contributed by atoms with Gasteiger partial charge in [-0.1, -0.05) is 12.1 Å². The fraction of sp³-hybridized carbons (Fsp3) is 0.450. The van der Waals surface area contributed by atoms with E-state index >= 15 is 0 Å². The molecule has 2 aromatic rings. The highest BCUT2D eigenvalue weighted by atomic mass is 32.1. The Morgan fingerprint density at radius 2 is 2.00 bits per heavy atom. The van der Waals surface area contributed by atoms with Gasteiger partial charge in [0.1, 0.15) is 10.7 Å². The molecule has 0 radical (unpaired) electrons. The third-order valence-electron chi connectivity index (χ3n) is 5.16. The number of likely N-dealkylation sites (tertiary alicyclic amines) is 1. The van der Waals surface area contributed by atoms with Crippen LogP contribution in [0.25, 0.3) is 10.6 Å². The Kier molecular flexibility index (Phi) is 5.33. The molecule has 1 aromatic heterocycles. The number of halogens is 3. The van der Waals surface area contributed by atoms with E-state index in [1.54, 1.807) is 16.3 Å². The highest BCUT2D eigenvalue weighted by Gasteiger charge is 2.33. The maximum Gasteiger partial charge on any atom is 0.416 e. The molecule has 5 nitrogen and oxygen atoms in total. The molecule has 154 valence electrons. The smallest absolute Gasteiger partial charge is 0.353 e. The van der Waals surface area contributed by atoms with Gasteiger partial charge < -0.3 is 10.2 Å². The summed E-state index contributed by atoms with van der Waals surface area (Å²) in [6, 6.07) is 5.19. The van der Waals surface area contributed by atoms with Crippen LogP contribution in [0.3, 0.4) is 0 Å². The summed E-state index contributed by atoms with van der Waals surface area (Å²) in [4.78, 5) is 31.0. The first kappa shape index (κ1) is 19.9. The number of carbonyl (C=O) groups excluding carboxylic acids is 2. The van der Waals surface area contributed by atoms with Crippen molar-refractivity contribution in [3.8, 4) is 10.6 Å². The third-order valence-corrected chi connectivity index (χ3v) is 6.05. The average Bonchev–Trinajstić information content (AvgIpc) is 3.38. The molecule has 2 heterocycles.